The van der Waals surface area contributed by atoms with Gasteiger partial charge in [0.05, 0.1) is 13.0 Å². The van der Waals surface area contributed by atoms with E-state index in [2.05, 4.69) is 0 Å². The zero-order chi connectivity index (χ0) is 16.8. The fourth-order valence-corrected chi connectivity index (χ4v) is 2.28. The van der Waals surface area contributed by atoms with E-state index < -0.39 is 11.9 Å². The average molecular weight is 310 g/mol. The molecule has 4 heteroatoms. The molecule has 0 fully saturated rings. The van der Waals surface area contributed by atoms with E-state index >= 15 is 0 Å². The molecule has 0 aliphatic carbocycles. The van der Waals surface area contributed by atoms with Crippen molar-refractivity contribution >= 4 is 17.8 Å². The Morgan fingerprint density at radius 2 is 1.78 bits per heavy atom. The monoisotopic (exact) mass is 310 g/mol. The van der Waals surface area contributed by atoms with E-state index in [0.29, 0.717) is 16.9 Å². The average Bonchev–Trinajstić information content (AvgIpc) is 2.59. The molecule has 23 heavy (non-hydrogen) atoms. The Labute approximate surface area is 135 Å². The summed E-state index contributed by atoms with van der Waals surface area (Å²) in [5.74, 6) is -1.45. The molecular weight excluding hydrogens is 292 g/mol. The number of Topliss-reactive ketones (excluding diaryl/α,β-unsaturated/α-hetero) is 1. The number of aliphatic carboxylic acids is 1. The van der Waals surface area contributed by atoms with Gasteiger partial charge >= 0.3 is 5.97 Å². The van der Waals surface area contributed by atoms with E-state index in [1.807, 2.05) is 6.07 Å². The van der Waals surface area contributed by atoms with Crippen LogP contribution in [0.1, 0.15) is 22.8 Å². The van der Waals surface area contributed by atoms with Crippen molar-refractivity contribution in [3.05, 3.63) is 71.3 Å². The molecule has 2 aromatic carbocycles. The molecule has 4 nitrogen and oxygen atoms in total. The van der Waals surface area contributed by atoms with E-state index in [4.69, 9.17) is 4.74 Å². The van der Waals surface area contributed by atoms with Crippen LogP contribution in [0.15, 0.2) is 60.2 Å². The van der Waals surface area contributed by atoms with Gasteiger partial charge in [-0.25, -0.2) is 4.79 Å². The van der Waals surface area contributed by atoms with Crippen molar-refractivity contribution < 1.29 is 19.4 Å². The Morgan fingerprint density at radius 1 is 1.09 bits per heavy atom. The number of ether oxygens (including phenoxy) is 1. The van der Waals surface area contributed by atoms with Gasteiger partial charge in [0, 0.05) is 11.1 Å². The lowest BCUT2D eigenvalue weighted by Crippen LogP contribution is -2.19. The molecule has 1 unspecified atom stereocenters. The normalized spacial score (nSPS) is 12.5. The molecule has 1 N–H and O–H groups in total. The van der Waals surface area contributed by atoms with Crippen LogP contribution in [-0.4, -0.2) is 24.0 Å². The highest BCUT2D eigenvalue weighted by Gasteiger charge is 2.24. The standard InChI is InChI=1S/C19H18O4/c1-13(18(20)15-8-4-3-5-9-15)17(19(21)22)12-14-7-6-10-16(11-14)23-2/h3-13H,1-2H3,(H,21,22)/b17-12+. The number of hydrogen-bond donors (Lipinski definition) is 1. The van der Waals surface area contributed by atoms with Crippen molar-refractivity contribution in [1.82, 2.24) is 0 Å². The second-order valence-corrected chi connectivity index (χ2v) is 5.13. The van der Waals surface area contributed by atoms with Crippen LogP contribution in [0.2, 0.25) is 0 Å². The Bertz CT molecular complexity index is 732. The third kappa shape index (κ3) is 4.07. The maximum atomic E-state index is 12.5. The summed E-state index contributed by atoms with van der Waals surface area (Å²) in [4.78, 5) is 24.1. The molecule has 0 bridgehead atoms. The maximum absolute atomic E-state index is 12.5. The second kappa shape index (κ2) is 7.40. The first kappa shape index (κ1) is 16.5. The van der Waals surface area contributed by atoms with E-state index in [1.54, 1.807) is 62.6 Å². The molecule has 0 amide bonds. The number of carbonyl (C=O) groups excluding carboxylic acids is 1. The number of methoxy groups -OCH3 is 1. The van der Waals surface area contributed by atoms with Gasteiger partial charge in [-0.05, 0) is 23.8 Å². The van der Waals surface area contributed by atoms with Gasteiger partial charge in [0.1, 0.15) is 5.75 Å². The van der Waals surface area contributed by atoms with E-state index in [9.17, 15) is 14.7 Å². The summed E-state index contributed by atoms with van der Waals surface area (Å²) in [6, 6.07) is 15.7. The first-order valence-corrected chi connectivity index (χ1v) is 7.21. The number of carboxylic acids is 1. The summed E-state index contributed by atoms with van der Waals surface area (Å²) in [6.07, 6.45) is 1.51. The highest BCUT2D eigenvalue weighted by atomic mass is 16.5. The number of hydrogen-bond acceptors (Lipinski definition) is 3. The second-order valence-electron chi connectivity index (χ2n) is 5.13. The smallest absolute Gasteiger partial charge is 0.332 e. The molecule has 0 aliphatic heterocycles. The van der Waals surface area contributed by atoms with Crippen LogP contribution >= 0.6 is 0 Å². The minimum Gasteiger partial charge on any atom is -0.497 e. The van der Waals surface area contributed by atoms with Crippen LogP contribution in [0, 0.1) is 5.92 Å². The number of ketones is 1. The van der Waals surface area contributed by atoms with Gasteiger partial charge in [-0.15, -0.1) is 0 Å². The van der Waals surface area contributed by atoms with Gasteiger partial charge in [-0.2, -0.15) is 0 Å². The molecule has 0 aromatic heterocycles. The highest BCUT2D eigenvalue weighted by molar-refractivity contribution is 6.06. The fraction of sp³-hybridized carbons (Fsp3) is 0.158. The molecule has 2 rings (SSSR count). The van der Waals surface area contributed by atoms with Gasteiger partial charge in [0.25, 0.3) is 0 Å². The van der Waals surface area contributed by atoms with Gasteiger partial charge in [-0.3, -0.25) is 4.79 Å². The minimum atomic E-state index is -1.11. The topological polar surface area (TPSA) is 63.6 Å². The lowest BCUT2D eigenvalue weighted by Gasteiger charge is -2.12. The molecular formula is C19H18O4. The summed E-state index contributed by atoms with van der Waals surface area (Å²) >= 11 is 0. The molecule has 1 atom stereocenters. The third-order valence-electron chi connectivity index (χ3n) is 3.58. The van der Waals surface area contributed by atoms with E-state index in [1.165, 1.54) is 6.08 Å². The van der Waals surface area contributed by atoms with Crippen molar-refractivity contribution in [2.75, 3.05) is 7.11 Å². The minimum absolute atomic E-state index is 0.0482. The summed E-state index contributed by atoms with van der Waals surface area (Å²) in [6.45, 7) is 1.61. The molecule has 118 valence electrons. The predicted molar refractivity (Wildman–Crippen MR) is 88.5 cm³/mol. The van der Waals surface area contributed by atoms with Crippen LogP contribution < -0.4 is 4.74 Å². The molecule has 0 heterocycles. The summed E-state index contributed by atoms with van der Waals surface area (Å²) in [7, 11) is 1.54. The molecule has 0 saturated heterocycles. The molecule has 0 spiro atoms. The summed E-state index contributed by atoms with van der Waals surface area (Å²) in [5.41, 5.74) is 1.22. The zero-order valence-corrected chi connectivity index (χ0v) is 13.0. The van der Waals surface area contributed by atoms with Gasteiger partial charge in [0.15, 0.2) is 5.78 Å². The van der Waals surface area contributed by atoms with Crippen LogP contribution in [-0.2, 0) is 4.79 Å². The van der Waals surface area contributed by atoms with Crippen molar-refractivity contribution in [3.63, 3.8) is 0 Å². The van der Waals surface area contributed by atoms with Crippen LogP contribution in [0.4, 0.5) is 0 Å². The van der Waals surface area contributed by atoms with Crippen molar-refractivity contribution in [2.24, 2.45) is 5.92 Å². The van der Waals surface area contributed by atoms with Crippen molar-refractivity contribution in [1.29, 1.82) is 0 Å². The first-order valence-electron chi connectivity index (χ1n) is 7.21. The molecule has 0 aliphatic rings. The lowest BCUT2D eigenvalue weighted by molar-refractivity contribution is -0.133. The lowest BCUT2D eigenvalue weighted by atomic mass is 9.90. The largest absolute Gasteiger partial charge is 0.497 e. The molecule has 0 radical (unpaired) electrons. The van der Waals surface area contributed by atoms with Gasteiger partial charge in [0.2, 0.25) is 0 Å². The Morgan fingerprint density at radius 3 is 2.39 bits per heavy atom. The van der Waals surface area contributed by atoms with Crippen molar-refractivity contribution in [2.45, 2.75) is 6.92 Å². The fourth-order valence-electron chi connectivity index (χ4n) is 2.28. The first-order chi connectivity index (χ1) is 11.0. The predicted octanol–water partition coefficient (Wildman–Crippen LogP) is 3.68. The number of rotatable bonds is 6. The maximum Gasteiger partial charge on any atom is 0.332 e. The summed E-state index contributed by atoms with van der Waals surface area (Å²) < 4.78 is 5.13. The molecule has 2 aromatic rings. The molecule has 0 saturated carbocycles. The highest BCUT2D eigenvalue weighted by Crippen LogP contribution is 2.22. The van der Waals surface area contributed by atoms with Gasteiger partial charge < -0.3 is 9.84 Å². The Kier molecular flexibility index (Phi) is 5.31. The van der Waals surface area contributed by atoms with Gasteiger partial charge in [-0.1, -0.05) is 49.4 Å². The number of carboxylic acid groups (broad SMARTS) is 1. The summed E-state index contributed by atoms with van der Waals surface area (Å²) in [5, 5.41) is 9.48. The zero-order valence-electron chi connectivity index (χ0n) is 13.0. The Balaban J connectivity index is 2.35. The van der Waals surface area contributed by atoms with Crippen LogP contribution in [0.5, 0.6) is 5.75 Å². The van der Waals surface area contributed by atoms with Crippen LogP contribution in [0.3, 0.4) is 0 Å². The third-order valence-corrected chi connectivity index (χ3v) is 3.58. The van der Waals surface area contributed by atoms with Crippen LogP contribution in [0.25, 0.3) is 6.08 Å². The van der Waals surface area contributed by atoms with E-state index in [0.717, 1.165) is 0 Å². The van der Waals surface area contributed by atoms with E-state index in [-0.39, 0.29) is 11.4 Å². The van der Waals surface area contributed by atoms with Crippen molar-refractivity contribution in [3.8, 4) is 5.75 Å². The SMILES string of the molecule is COc1cccc(/C=C(/C(=O)O)C(C)C(=O)c2ccccc2)c1. The quantitative estimate of drug-likeness (QED) is 0.653. The Hall–Kier alpha value is -2.88. The number of benzene rings is 2. The number of carbonyl (C=O) groups is 2.